The van der Waals surface area contributed by atoms with Gasteiger partial charge in [0.2, 0.25) is 5.91 Å². The maximum Gasteiger partial charge on any atom is 0.328 e. The number of anilines is 2. The number of furan rings is 1. The van der Waals surface area contributed by atoms with Gasteiger partial charge in [0.25, 0.3) is 5.91 Å². The number of imide groups is 1. The molecule has 0 bridgehead atoms. The Morgan fingerprint density at radius 2 is 2.00 bits per heavy atom. The Balaban J connectivity index is 1.89. The van der Waals surface area contributed by atoms with Crippen molar-refractivity contribution in [3.63, 3.8) is 0 Å². The second kappa shape index (κ2) is 6.19. The molecule has 7 nitrogen and oxygen atoms in total. The smallest absolute Gasteiger partial charge is 0.328 e. The average Bonchev–Trinajstić information content (AvgIpc) is 2.97. The summed E-state index contributed by atoms with van der Waals surface area (Å²) in [5.74, 6) is 0.176. The molecule has 0 unspecified atom stereocenters. The zero-order valence-corrected chi connectivity index (χ0v) is 13.4. The van der Waals surface area contributed by atoms with Crippen LogP contribution in [0.1, 0.15) is 28.3 Å². The molecule has 124 valence electrons. The highest BCUT2D eigenvalue weighted by atomic mass is 16.3. The van der Waals surface area contributed by atoms with E-state index in [0.29, 0.717) is 29.2 Å². The lowest BCUT2D eigenvalue weighted by Gasteiger charge is -2.27. The van der Waals surface area contributed by atoms with E-state index in [2.05, 4.69) is 10.6 Å². The normalized spacial score (nSPS) is 14.5. The molecule has 1 saturated heterocycles. The maximum absolute atomic E-state index is 12.2. The van der Waals surface area contributed by atoms with E-state index in [-0.39, 0.29) is 18.1 Å². The molecule has 1 aliphatic heterocycles. The number of carbonyl (C=O) groups excluding carboxylic acids is 3. The molecule has 2 heterocycles. The van der Waals surface area contributed by atoms with Crippen LogP contribution >= 0.6 is 0 Å². The third-order valence-electron chi connectivity index (χ3n) is 3.83. The van der Waals surface area contributed by atoms with E-state index >= 15 is 0 Å². The second-order valence-electron chi connectivity index (χ2n) is 5.53. The second-order valence-corrected chi connectivity index (χ2v) is 5.53. The van der Waals surface area contributed by atoms with Crippen LogP contribution in [0.5, 0.6) is 0 Å². The first-order valence-corrected chi connectivity index (χ1v) is 7.55. The number of rotatable bonds is 3. The number of hydrogen-bond donors (Lipinski definition) is 2. The van der Waals surface area contributed by atoms with Crippen LogP contribution in [0.4, 0.5) is 16.2 Å². The molecule has 3 rings (SSSR count). The Morgan fingerprint density at radius 1 is 1.21 bits per heavy atom. The molecule has 1 aliphatic rings. The van der Waals surface area contributed by atoms with E-state index in [1.54, 1.807) is 44.2 Å². The summed E-state index contributed by atoms with van der Waals surface area (Å²) < 4.78 is 5.30. The lowest BCUT2D eigenvalue weighted by Crippen LogP contribution is -2.50. The first-order valence-electron chi connectivity index (χ1n) is 7.55. The molecule has 1 aromatic carbocycles. The summed E-state index contributed by atoms with van der Waals surface area (Å²) in [6.45, 7) is 3.83. The predicted octanol–water partition coefficient (Wildman–Crippen LogP) is 2.60. The van der Waals surface area contributed by atoms with Gasteiger partial charge in [-0.15, -0.1) is 0 Å². The Kier molecular flexibility index (Phi) is 4.07. The molecule has 4 amide bonds. The standard InChI is InChI=1S/C17H17N3O4/c1-10-6-7-14(24-10)16(22)19-12-4-3-5-13(11(12)2)20-15(21)8-9-18-17(20)23/h3-7H,8-9H2,1-2H3,(H,18,23)(H,19,22). The molecule has 0 atom stereocenters. The number of amides is 4. The van der Waals surface area contributed by atoms with Crippen LogP contribution in [-0.2, 0) is 4.79 Å². The van der Waals surface area contributed by atoms with E-state index < -0.39 is 11.9 Å². The fourth-order valence-corrected chi connectivity index (χ4v) is 2.57. The zero-order valence-electron chi connectivity index (χ0n) is 13.4. The van der Waals surface area contributed by atoms with Crippen molar-refractivity contribution < 1.29 is 18.8 Å². The van der Waals surface area contributed by atoms with Crippen molar-refractivity contribution in [1.29, 1.82) is 0 Å². The fourth-order valence-electron chi connectivity index (χ4n) is 2.57. The monoisotopic (exact) mass is 327 g/mol. The van der Waals surface area contributed by atoms with Crippen molar-refractivity contribution in [3.05, 3.63) is 47.4 Å². The van der Waals surface area contributed by atoms with Crippen molar-refractivity contribution in [1.82, 2.24) is 5.32 Å². The van der Waals surface area contributed by atoms with E-state index in [1.807, 2.05) is 0 Å². The number of carbonyl (C=O) groups is 3. The third kappa shape index (κ3) is 2.88. The lowest BCUT2D eigenvalue weighted by atomic mass is 10.1. The summed E-state index contributed by atoms with van der Waals surface area (Å²) in [5.41, 5.74) is 1.59. The molecule has 1 fully saturated rings. The van der Waals surface area contributed by atoms with Crippen LogP contribution in [0.3, 0.4) is 0 Å². The van der Waals surface area contributed by atoms with E-state index in [4.69, 9.17) is 4.42 Å². The Bertz CT molecular complexity index is 809. The van der Waals surface area contributed by atoms with Gasteiger partial charge < -0.3 is 15.1 Å². The van der Waals surface area contributed by atoms with E-state index in [1.165, 1.54) is 0 Å². The molecular weight excluding hydrogens is 310 g/mol. The van der Waals surface area contributed by atoms with Gasteiger partial charge in [0, 0.05) is 18.7 Å². The summed E-state index contributed by atoms with van der Waals surface area (Å²) in [4.78, 5) is 37.4. The molecule has 0 spiro atoms. The van der Waals surface area contributed by atoms with Gasteiger partial charge in [0.15, 0.2) is 5.76 Å². The highest BCUT2D eigenvalue weighted by Gasteiger charge is 2.29. The van der Waals surface area contributed by atoms with E-state index in [9.17, 15) is 14.4 Å². The van der Waals surface area contributed by atoms with Crippen molar-refractivity contribution in [2.45, 2.75) is 20.3 Å². The topological polar surface area (TPSA) is 91.7 Å². The zero-order chi connectivity index (χ0) is 17.3. The molecule has 2 aromatic rings. The number of hydrogen-bond acceptors (Lipinski definition) is 4. The Morgan fingerprint density at radius 3 is 2.67 bits per heavy atom. The third-order valence-corrected chi connectivity index (χ3v) is 3.83. The van der Waals surface area contributed by atoms with Gasteiger partial charge >= 0.3 is 6.03 Å². The summed E-state index contributed by atoms with van der Waals surface area (Å²) in [7, 11) is 0. The molecule has 0 aliphatic carbocycles. The van der Waals surface area contributed by atoms with E-state index in [0.717, 1.165) is 4.90 Å². The molecule has 7 heteroatoms. The summed E-state index contributed by atoms with van der Waals surface area (Å²) in [6, 6.07) is 7.89. The number of aryl methyl sites for hydroxylation is 1. The molecule has 0 saturated carbocycles. The van der Waals surface area contributed by atoms with Crippen LogP contribution in [0.2, 0.25) is 0 Å². The van der Waals surface area contributed by atoms with Crippen LogP contribution in [0, 0.1) is 13.8 Å². The highest BCUT2D eigenvalue weighted by Crippen LogP contribution is 2.28. The van der Waals surface area contributed by atoms with Crippen LogP contribution < -0.4 is 15.5 Å². The van der Waals surface area contributed by atoms with Gasteiger partial charge in [-0.2, -0.15) is 0 Å². The Labute approximate surface area is 138 Å². The minimum absolute atomic E-state index is 0.198. The van der Waals surface area contributed by atoms with Crippen LogP contribution in [0.15, 0.2) is 34.7 Å². The van der Waals surface area contributed by atoms with Crippen molar-refractivity contribution in [2.24, 2.45) is 0 Å². The molecule has 1 aromatic heterocycles. The lowest BCUT2D eigenvalue weighted by molar-refractivity contribution is -0.118. The largest absolute Gasteiger partial charge is 0.456 e. The van der Waals surface area contributed by atoms with Crippen molar-refractivity contribution in [2.75, 3.05) is 16.8 Å². The van der Waals surface area contributed by atoms with Crippen LogP contribution in [0.25, 0.3) is 0 Å². The Hall–Kier alpha value is -3.09. The van der Waals surface area contributed by atoms with Crippen LogP contribution in [-0.4, -0.2) is 24.4 Å². The average molecular weight is 327 g/mol. The van der Waals surface area contributed by atoms with Gasteiger partial charge in [0.05, 0.1) is 5.69 Å². The fraction of sp³-hybridized carbons (Fsp3) is 0.235. The molecule has 24 heavy (non-hydrogen) atoms. The predicted molar refractivity (Wildman–Crippen MR) is 88.1 cm³/mol. The number of benzene rings is 1. The number of nitrogens with zero attached hydrogens (tertiary/aromatic N) is 1. The minimum atomic E-state index is -0.459. The maximum atomic E-state index is 12.2. The van der Waals surface area contributed by atoms with Crippen molar-refractivity contribution >= 4 is 29.2 Å². The highest BCUT2D eigenvalue weighted by molar-refractivity contribution is 6.16. The van der Waals surface area contributed by atoms with Gasteiger partial charge in [-0.25, -0.2) is 9.69 Å². The molecule has 2 N–H and O–H groups in total. The summed E-state index contributed by atoms with van der Waals surface area (Å²) in [6.07, 6.45) is 0.243. The SMILES string of the molecule is Cc1ccc(C(=O)Nc2cccc(N3C(=O)CCNC3=O)c2C)o1. The van der Waals surface area contributed by atoms with Gasteiger partial charge in [-0.1, -0.05) is 6.07 Å². The first kappa shape index (κ1) is 15.8. The van der Waals surface area contributed by atoms with Gasteiger partial charge in [0.1, 0.15) is 5.76 Å². The first-order chi connectivity index (χ1) is 11.5. The number of urea groups is 1. The summed E-state index contributed by atoms with van der Waals surface area (Å²) in [5, 5.41) is 5.39. The quantitative estimate of drug-likeness (QED) is 0.906. The summed E-state index contributed by atoms with van der Waals surface area (Å²) >= 11 is 0. The van der Waals surface area contributed by atoms with Crippen molar-refractivity contribution in [3.8, 4) is 0 Å². The number of nitrogens with one attached hydrogen (secondary N) is 2. The van der Waals surface area contributed by atoms with Gasteiger partial charge in [-0.3, -0.25) is 9.59 Å². The van der Waals surface area contributed by atoms with Gasteiger partial charge in [-0.05, 0) is 43.7 Å². The molecular formula is C17H17N3O4. The minimum Gasteiger partial charge on any atom is -0.456 e. The molecule has 0 radical (unpaired) electrons.